The third kappa shape index (κ3) is 2.09. The molecule has 0 fully saturated rings. The lowest BCUT2D eigenvalue weighted by Crippen LogP contribution is -2.05. The number of nitriles is 1. The maximum Gasteiger partial charge on any atom is 0.189 e. The summed E-state index contributed by atoms with van der Waals surface area (Å²) >= 11 is 0. The zero-order valence-corrected chi connectivity index (χ0v) is 9.47. The molecule has 0 radical (unpaired) electrons. The highest BCUT2D eigenvalue weighted by Crippen LogP contribution is 2.19. The van der Waals surface area contributed by atoms with Crippen molar-refractivity contribution in [3.05, 3.63) is 69.9 Å². The number of hydrogen-bond donors (Lipinski definition) is 0. The molecule has 2 heteroatoms. The van der Waals surface area contributed by atoms with Crippen LogP contribution in [-0.4, -0.2) is 0 Å². The lowest BCUT2D eigenvalue weighted by Gasteiger charge is -2.00. The van der Waals surface area contributed by atoms with Crippen LogP contribution in [0.4, 0.5) is 0 Å². The van der Waals surface area contributed by atoms with Gasteiger partial charge in [-0.2, -0.15) is 5.26 Å². The highest BCUT2D eigenvalue weighted by Gasteiger charge is 2.07. The summed E-state index contributed by atoms with van der Waals surface area (Å²) in [7, 11) is 0. The van der Waals surface area contributed by atoms with Crippen molar-refractivity contribution in [2.45, 2.75) is 6.92 Å². The summed E-state index contributed by atoms with van der Waals surface area (Å²) in [5.41, 5.74) is 2.44. The number of rotatable bonds is 1. The third-order valence-electron chi connectivity index (χ3n) is 2.66. The minimum atomic E-state index is -0.0299. The highest BCUT2D eigenvalue weighted by molar-refractivity contribution is 5.70. The molecule has 0 aliphatic carbocycles. The Morgan fingerprint density at radius 1 is 0.941 bits per heavy atom. The van der Waals surface area contributed by atoms with Gasteiger partial charge in [0.1, 0.15) is 0 Å². The van der Waals surface area contributed by atoms with Crippen LogP contribution in [0.3, 0.4) is 0 Å². The molecule has 2 nitrogen and oxygen atoms in total. The van der Waals surface area contributed by atoms with Crippen molar-refractivity contribution in [1.82, 2.24) is 0 Å². The van der Waals surface area contributed by atoms with E-state index in [2.05, 4.69) is 6.07 Å². The summed E-state index contributed by atoms with van der Waals surface area (Å²) in [5.74, 6) is 0. The van der Waals surface area contributed by atoms with E-state index in [0.29, 0.717) is 22.3 Å². The van der Waals surface area contributed by atoms with Crippen LogP contribution >= 0.6 is 0 Å². The lowest BCUT2D eigenvalue weighted by molar-refractivity contribution is 1.42. The molecule has 0 bridgehead atoms. The molecule has 0 saturated carbocycles. The summed E-state index contributed by atoms with van der Waals surface area (Å²) in [6.45, 7) is 1.78. The molecule has 2 aromatic carbocycles. The average Bonchev–Trinajstić information content (AvgIpc) is 2.53. The van der Waals surface area contributed by atoms with Gasteiger partial charge in [0, 0.05) is 11.1 Å². The zero-order chi connectivity index (χ0) is 12.3. The van der Waals surface area contributed by atoms with Crippen molar-refractivity contribution >= 4 is 0 Å². The Bertz CT molecular complexity index is 654. The van der Waals surface area contributed by atoms with E-state index < -0.39 is 0 Å². The van der Waals surface area contributed by atoms with Gasteiger partial charge in [0.25, 0.3) is 0 Å². The maximum atomic E-state index is 12.1. The van der Waals surface area contributed by atoms with Crippen molar-refractivity contribution in [2.75, 3.05) is 0 Å². The molecule has 0 saturated heterocycles. The third-order valence-corrected chi connectivity index (χ3v) is 2.66. The molecule has 2 aromatic rings. The zero-order valence-electron chi connectivity index (χ0n) is 9.47. The van der Waals surface area contributed by atoms with Crippen molar-refractivity contribution in [3.63, 3.8) is 0 Å². The van der Waals surface area contributed by atoms with Crippen LogP contribution in [0.15, 0.2) is 53.3 Å². The largest absolute Gasteiger partial charge is 0.289 e. The van der Waals surface area contributed by atoms with Crippen LogP contribution in [0.25, 0.3) is 11.1 Å². The molecule has 0 heterocycles. The fourth-order valence-electron chi connectivity index (χ4n) is 1.74. The van der Waals surface area contributed by atoms with Gasteiger partial charge in [-0.25, -0.2) is 0 Å². The van der Waals surface area contributed by atoms with Crippen molar-refractivity contribution in [3.8, 4) is 17.2 Å². The Morgan fingerprint density at radius 3 is 2.24 bits per heavy atom. The number of hydrogen-bond acceptors (Lipinski definition) is 2. The van der Waals surface area contributed by atoms with E-state index in [1.165, 1.54) is 0 Å². The monoisotopic (exact) mass is 221 g/mol. The van der Waals surface area contributed by atoms with E-state index >= 15 is 0 Å². The minimum absolute atomic E-state index is 0.0299. The molecule has 0 unspecified atom stereocenters. The van der Waals surface area contributed by atoms with Crippen LogP contribution in [-0.2, 0) is 0 Å². The number of nitrogens with zero attached hydrogens (tertiary/aromatic N) is 1. The Balaban J connectivity index is 2.80. The molecule has 17 heavy (non-hydrogen) atoms. The Labute approximate surface area is 99.8 Å². The SMILES string of the molecule is Cc1ccccc(-c2ccccc2C#N)c1=O. The van der Waals surface area contributed by atoms with Crippen molar-refractivity contribution in [1.29, 1.82) is 5.26 Å². The molecule has 0 amide bonds. The van der Waals surface area contributed by atoms with Gasteiger partial charge in [0.15, 0.2) is 5.43 Å². The lowest BCUT2D eigenvalue weighted by atomic mass is 10.0. The number of benzene rings is 1. The summed E-state index contributed by atoms with van der Waals surface area (Å²) in [6.07, 6.45) is 0. The predicted molar refractivity (Wildman–Crippen MR) is 67.6 cm³/mol. The Morgan fingerprint density at radius 2 is 1.53 bits per heavy atom. The summed E-state index contributed by atoms with van der Waals surface area (Å²) in [4.78, 5) is 12.1. The average molecular weight is 221 g/mol. The first kappa shape index (κ1) is 11.1. The molecule has 0 aliphatic rings. The molecular weight excluding hydrogens is 210 g/mol. The molecule has 0 aromatic heterocycles. The molecule has 0 atom stereocenters. The van der Waals surface area contributed by atoms with Gasteiger partial charge >= 0.3 is 0 Å². The molecule has 0 N–H and O–H groups in total. The molecule has 0 aliphatic heterocycles. The van der Waals surface area contributed by atoms with Gasteiger partial charge in [-0.15, -0.1) is 0 Å². The first-order valence-corrected chi connectivity index (χ1v) is 5.33. The van der Waals surface area contributed by atoms with Gasteiger partial charge in [0.05, 0.1) is 11.6 Å². The fourth-order valence-corrected chi connectivity index (χ4v) is 1.74. The van der Waals surface area contributed by atoms with Crippen LogP contribution in [0.1, 0.15) is 11.1 Å². The first-order valence-electron chi connectivity index (χ1n) is 5.33. The smallest absolute Gasteiger partial charge is 0.189 e. The number of aryl methyl sites for hydroxylation is 1. The van der Waals surface area contributed by atoms with E-state index in [-0.39, 0.29) is 5.43 Å². The van der Waals surface area contributed by atoms with Gasteiger partial charge in [-0.3, -0.25) is 4.79 Å². The summed E-state index contributed by atoms with van der Waals surface area (Å²) in [6, 6.07) is 16.4. The fraction of sp³-hybridized carbons (Fsp3) is 0.0667. The Hall–Kier alpha value is -2.40. The van der Waals surface area contributed by atoms with Gasteiger partial charge in [-0.05, 0) is 18.6 Å². The van der Waals surface area contributed by atoms with E-state index in [0.717, 1.165) is 0 Å². The quantitative estimate of drug-likeness (QED) is 0.742. The van der Waals surface area contributed by atoms with E-state index in [9.17, 15) is 4.79 Å². The molecule has 82 valence electrons. The predicted octanol–water partition coefficient (Wildman–Crippen LogP) is 2.89. The highest BCUT2D eigenvalue weighted by atomic mass is 16.1. The van der Waals surface area contributed by atoms with E-state index in [4.69, 9.17) is 5.26 Å². The standard InChI is InChI=1S/C15H11NO/c1-11-6-2-4-9-14(15(11)17)13-8-5-3-7-12(13)10-16/h2-9H,1H3. The topological polar surface area (TPSA) is 40.9 Å². The van der Waals surface area contributed by atoms with Crippen molar-refractivity contribution in [2.24, 2.45) is 0 Å². The molecular formula is C15H11NO. The van der Waals surface area contributed by atoms with Gasteiger partial charge < -0.3 is 0 Å². The summed E-state index contributed by atoms with van der Waals surface area (Å²) < 4.78 is 0. The van der Waals surface area contributed by atoms with Crippen LogP contribution in [0.5, 0.6) is 0 Å². The van der Waals surface area contributed by atoms with E-state index in [1.54, 1.807) is 37.3 Å². The summed E-state index contributed by atoms with van der Waals surface area (Å²) in [5, 5.41) is 9.05. The second kappa shape index (κ2) is 4.63. The second-order valence-corrected chi connectivity index (χ2v) is 3.80. The maximum absolute atomic E-state index is 12.1. The molecule has 0 spiro atoms. The van der Waals surface area contributed by atoms with E-state index in [1.807, 2.05) is 18.2 Å². The van der Waals surface area contributed by atoms with Crippen LogP contribution < -0.4 is 5.43 Å². The Kier molecular flexibility index (Phi) is 3.02. The first-order chi connectivity index (χ1) is 8.24. The van der Waals surface area contributed by atoms with Crippen LogP contribution in [0, 0.1) is 18.3 Å². The normalized spacial score (nSPS) is 9.65. The van der Waals surface area contributed by atoms with Crippen molar-refractivity contribution < 1.29 is 0 Å². The van der Waals surface area contributed by atoms with Gasteiger partial charge in [-0.1, -0.05) is 42.5 Å². The van der Waals surface area contributed by atoms with Crippen LogP contribution in [0.2, 0.25) is 0 Å². The second-order valence-electron chi connectivity index (χ2n) is 3.80. The molecule has 2 rings (SSSR count). The van der Waals surface area contributed by atoms with Gasteiger partial charge in [0.2, 0.25) is 0 Å². The minimum Gasteiger partial charge on any atom is -0.289 e.